The maximum absolute atomic E-state index is 14.9. The number of methoxy groups -OCH3 is 1. The maximum atomic E-state index is 14.9. The lowest BCUT2D eigenvalue weighted by Crippen LogP contribution is -2.54. The van der Waals surface area contributed by atoms with Gasteiger partial charge in [0, 0.05) is 77.5 Å². The quantitative estimate of drug-likeness (QED) is 0.151. The molecule has 14 heteroatoms. The van der Waals surface area contributed by atoms with E-state index in [0.717, 1.165) is 43.9 Å². The number of hydrogen-bond donors (Lipinski definition) is 5. The van der Waals surface area contributed by atoms with Crippen molar-refractivity contribution in [3.63, 3.8) is 0 Å². The number of β-amino-alcohol motifs (C(OH)–C–C–N with tert-alkyl or cyclic N) is 1. The normalized spacial score (nSPS) is 19.2. The van der Waals surface area contributed by atoms with Gasteiger partial charge in [-0.1, -0.05) is 12.1 Å². The number of hydrogen-bond acceptors (Lipinski definition) is 12. The van der Waals surface area contributed by atoms with Crippen LogP contribution >= 0.6 is 0 Å². The van der Waals surface area contributed by atoms with Gasteiger partial charge in [-0.2, -0.15) is 0 Å². The Morgan fingerprint density at radius 3 is 2.26 bits per heavy atom. The van der Waals surface area contributed by atoms with Gasteiger partial charge in [0.2, 0.25) is 11.9 Å². The minimum Gasteiger partial charge on any atom is -0.394 e. The lowest BCUT2D eigenvalue weighted by molar-refractivity contribution is -0.134. The molecule has 256 valence electrons. The summed E-state index contributed by atoms with van der Waals surface area (Å²) < 4.78 is 25.8. The highest BCUT2D eigenvalue weighted by Gasteiger charge is 2.32. The molecule has 2 saturated heterocycles. The third-order valence-electron chi connectivity index (χ3n) is 8.79. The fraction of sp³-hybridized carbons (Fsp3) is 0.656. The van der Waals surface area contributed by atoms with Crippen LogP contribution in [-0.4, -0.2) is 142 Å². The van der Waals surface area contributed by atoms with Crippen LogP contribution in [0, 0.1) is 11.7 Å². The largest absolute Gasteiger partial charge is 0.394 e. The molecule has 1 aromatic heterocycles. The third-order valence-corrected chi connectivity index (χ3v) is 8.79. The maximum Gasteiger partial charge on any atom is 0.227 e. The molecular formula is C32H48FN5O8. The van der Waals surface area contributed by atoms with Crippen molar-refractivity contribution in [3.8, 4) is 0 Å². The highest BCUT2D eigenvalue weighted by molar-refractivity contribution is 5.79. The molecule has 0 radical (unpaired) electrons. The van der Waals surface area contributed by atoms with Crippen molar-refractivity contribution in [2.45, 2.75) is 63.3 Å². The van der Waals surface area contributed by atoms with Crippen molar-refractivity contribution in [3.05, 3.63) is 53.1 Å². The number of halogens is 1. The Morgan fingerprint density at radius 2 is 1.63 bits per heavy atom. The Hall–Kier alpha value is -2.82. The molecule has 1 amide bonds. The zero-order valence-corrected chi connectivity index (χ0v) is 26.5. The molecular weight excluding hydrogens is 601 g/mol. The number of carbonyl (C=O) groups is 1. The molecule has 2 aliphatic heterocycles. The van der Waals surface area contributed by atoms with Gasteiger partial charge in [-0.25, -0.2) is 14.4 Å². The second kappa shape index (κ2) is 17.9. The summed E-state index contributed by atoms with van der Waals surface area (Å²) in [6.07, 6.45) is 0.306. The van der Waals surface area contributed by atoms with Crippen LogP contribution in [0.25, 0.3) is 0 Å². The molecule has 13 nitrogen and oxygen atoms in total. The van der Waals surface area contributed by atoms with Gasteiger partial charge in [-0.3, -0.25) is 9.69 Å². The molecule has 2 fully saturated rings. The summed E-state index contributed by atoms with van der Waals surface area (Å²) in [7, 11) is 1.65. The van der Waals surface area contributed by atoms with Gasteiger partial charge in [0.05, 0.1) is 32.3 Å². The van der Waals surface area contributed by atoms with Crippen LogP contribution in [0.1, 0.15) is 36.0 Å². The van der Waals surface area contributed by atoms with Crippen LogP contribution in [0.5, 0.6) is 0 Å². The Kier molecular flexibility index (Phi) is 14.0. The number of ether oxygens (including phenoxy) is 2. The summed E-state index contributed by atoms with van der Waals surface area (Å²) in [5, 5.41) is 48.4. The number of aromatic nitrogens is 2. The average Bonchev–Trinajstić information content (AvgIpc) is 3.07. The molecule has 4 rings (SSSR count). The highest BCUT2D eigenvalue weighted by Crippen LogP contribution is 2.23. The zero-order valence-electron chi connectivity index (χ0n) is 26.5. The van der Waals surface area contributed by atoms with E-state index in [1.54, 1.807) is 36.5 Å². The topological polar surface area (TPSA) is 172 Å². The van der Waals surface area contributed by atoms with E-state index < -0.39 is 36.8 Å². The van der Waals surface area contributed by atoms with Gasteiger partial charge < -0.3 is 44.8 Å². The Labute approximate surface area is 269 Å². The first-order valence-corrected chi connectivity index (χ1v) is 15.9. The molecule has 5 N–H and O–H groups in total. The van der Waals surface area contributed by atoms with Gasteiger partial charge in [0.15, 0.2) is 0 Å². The van der Waals surface area contributed by atoms with E-state index in [9.17, 15) is 29.6 Å². The highest BCUT2D eigenvalue weighted by atomic mass is 19.1. The Balaban J connectivity index is 1.12. The van der Waals surface area contributed by atoms with Crippen LogP contribution in [0.2, 0.25) is 0 Å². The smallest absolute Gasteiger partial charge is 0.227 e. The van der Waals surface area contributed by atoms with Crippen LogP contribution in [0.4, 0.5) is 10.3 Å². The lowest BCUT2D eigenvalue weighted by atomic mass is 9.94. The van der Waals surface area contributed by atoms with Gasteiger partial charge in [-0.05, 0) is 42.4 Å². The molecule has 4 atom stereocenters. The van der Waals surface area contributed by atoms with Crippen LogP contribution in [-0.2, 0) is 33.9 Å². The molecule has 2 aromatic rings. The summed E-state index contributed by atoms with van der Waals surface area (Å²) in [5.41, 5.74) is 1.97. The van der Waals surface area contributed by atoms with Gasteiger partial charge in [-0.15, -0.1) is 0 Å². The summed E-state index contributed by atoms with van der Waals surface area (Å²) in [6, 6.07) is 4.84. The third kappa shape index (κ3) is 10.3. The fourth-order valence-corrected chi connectivity index (χ4v) is 5.83. The SMILES string of the molecule is COCc1cnc(N2CCC(CCOCc3ccc(CC(=O)N4CCN(C[C@H](O)[C@@H](O)[C@H](O)[C@H](O)CO)CC4)c(F)c3)CC2)nc1. The first-order chi connectivity index (χ1) is 22.2. The van der Waals surface area contributed by atoms with E-state index in [2.05, 4.69) is 14.9 Å². The number of anilines is 1. The van der Waals surface area contributed by atoms with Crippen molar-refractivity contribution >= 4 is 11.9 Å². The molecule has 0 spiro atoms. The minimum atomic E-state index is -1.68. The monoisotopic (exact) mass is 649 g/mol. The van der Waals surface area contributed by atoms with E-state index in [1.807, 2.05) is 4.90 Å². The number of benzene rings is 1. The van der Waals surface area contributed by atoms with Crippen molar-refractivity contribution < 1.29 is 44.2 Å². The van der Waals surface area contributed by atoms with Crippen molar-refractivity contribution in [2.24, 2.45) is 5.92 Å². The second-order valence-corrected chi connectivity index (χ2v) is 12.2. The standard InChI is InChI=1S/C32H48FN5O8/c1-45-20-24-16-34-32(35-17-24)38-7-4-22(5-8-38)6-13-46-21-23-2-3-25(26(33)14-23)15-29(42)37-11-9-36(10-12-37)18-27(40)30(43)31(44)28(41)19-39/h2-3,14,16-17,22,27-28,30-31,39-41,43-44H,4-13,15,18-21H2,1H3/t27-,28+,30+,31+/m0/s1. The van der Waals surface area contributed by atoms with Gasteiger partial charge >= 0.3 is 0 Å². The van der Waals surface area contributed by atoms with Crippen molar-refractivity contribution in [1.82, 2.24) is 19.8 Å². The van der Waals surface area contributed by atoms with E-state index in [4.69, 9.17) is 14.6 Å². The van der Waals surface area contributed by atoms with Crippen LogP contribution in [0.3, 0.4) is 0 Å². The molecule has 0 aliphatic carbocycles. The van der Waals surface area contributed by atoms with Crippen molar-refractivity contribution in [2.75, 3.05) is 71.0 Å². The minimum absolute atomic E-state index is 0.0240. The Bertz CT molecular complexity index is 1210. The Morgan fingerprint density at radius 1 is 0.957 bits per heavy atom. The van der Waals surface area contributed by atoms with Gasteiger partial charge in [0.1, 0.15) is 24.1 Å². The lowest BCUT2D eigenvalue weighted by Gasteiger charge is -2.37. The summed E-state index contributed by atoms with van der Waals surface area (Å²) in [4.78, 5) is 27.4. The van der Waals surface area contributed by atoms with E-state index in [-0.39, 0.29) is 18.9 Å². The van der Waals surface area contributed by atoms with Crippen LogP contribution in [0.15, 0.2) is 30.6 Å². The molecule has 3 heterocycles. The van der Waals surface area contributed by atoms with E-state index >= 15 is 0 Å². The molecule has 1 aromatic carbocycles. The molecule has 0 saturated carbocycles. The first-order valence-electron chi connectivity index (χ1n) is 15.9. The zero-order chi connectivity index (χ0) is 33.1. The number of amides is 1. The number of piperidine rings is 1. The fourth-order valence-electron chi connectivity index (χ4n) is 5.83. The van der Waals surface area contributed by atoms with Crippen molar-refractivity contribution in [1.29, 1.82) is 0 Å². The number of aliphatic hydroxyl groups is 5. The van der Waals surface area contributed by atoms with Gasteiger partial charge in [0.25, 0.3) is 0 Å². The molecule has 46 heavy (non-hydrogen) atoms. The predicted molar refractivity (Wildman–Crippen MR) is 166 cm³/mol. The van der Waals surface area contributed by atoms with Crippen LogP contribution < -0.4 is 4.90 Å². The van der Waals surface area contributed by atoms with E-state index in [0.29, 0.717) is 63.0 Å². The average molecular weight is 650 g/mol. The molecule has 2 aliphatic rings. The number of nitrogens with zero attached hydrogens (tertiary/aromatic N) is 5. The summed E-state index contributed by atoms with van der Waals surface area (Å²) in [5.74, 6) is 0.643. The number of aliphatic hydroxyl groups excluding tert-OH is 5. The molecule has 0 unspecified atom stereocenters. The van der Waals surface area contributed by atoms with E-state index in [1.165, 1.54) is 6.07 Å². The first kappa shape index (κ1) is 36.0. The number of carbonyl (C=O) groups excluding carboxylic acids is 1. The second-order valence-electron chi connectivity index (χ2n) is 12.2. The summed E-state index contributed by atoms with van der Waals surface area (Å²) in [6.45, 7) is 4.02. The predicted octanol–water partition coefficient (Wildman–Crippen LogP) is -0.292. The summed E-state index contributed by atoms with van der Waals surface area (Å²) >= 11 is 0. The molecule has 0 bridgehead atoms. The number of piperazine rings is 1. The number of rotatable bonds is 16.